The molecule has 2 fully saturated rings. The number of anilines is 1. The predicted molar refractivity (Wildman–Crippen MR) is 150 cm³/mol. The van der Waals surface area contributed by atoms with Gasteiger partial charge in [-0.1, -0.05) is 5.10 Å². The summed E-state index contributed by atoms with van der Waals surface area (Å²) < 4.78 is 21.8. The molecule has 0 spiro atoms. The summed E-state index contributed by atoms with van der Waals surface area (Å²) >= 11 is 0. The van der Waals surface area contributed by atoms with Crippen molar-refractivity contribution < 1.29 is 19.1 Å². The molecule has 2 aliphatic rings. The van der Waals surface area contributed by atoms with Gasteiger partial charge in [0.2, 0.25) is 5.88 Å². The number of hydrogen-bond acceptors (Lipinski definition) is 10. The molecule has 41 heavy (non-hydrogen) atoms. The van der Waals surface area contributed by atoms with Gasteiger partial charge in [0.1, 0.15) is 35.9 Å². The van der Waals surface area contributed by atoms with Crippen LogP contribution in [0.25, 0.3) is 10.9 Å². The van der Waals surface area contributed by atoms with E-state index in [0.717, 1.165) is 55.5 Å². The van der Waals surface area contributed by atoms with E-state index in [-0.39, 0.29) is 11.9 Å². The number of ether oxygens (including phenoxy) is 3. The lowest BCUT2D eigenvalue weighted by Crippen LogP contribution is -2.36. The van der Waals surface area contributed by atoms with Gasteiger partial charge < -0.3 is 33.8 Å². The third-order valence-electron chi connectivity index (χ3n) is 7.87. The molecule has 1 saturated heterocycles. The van der Waals surface area contributed by atoms with Gasteiger partial charge in [-0.05, 0) is 50.5 Å². The van der Waals surface area contributed by atoms with Crippen LogP contribution in [0.4, 0.5) is 11.6 Å². The van der Waals surface area contributed by atoms with E-state index in [9.17, 15) is 10.1 Å². The number of pyridine rings is 2. The molecular formula is C28H34N8O5. The van der Waals surface area contributed by atoms with Gasteiger partial charge in [-0.2, -0.15) is 4.98 Å². The summed E-state index contributed by atoms with van der Waals surface area (Å²) in [5, 5.41) is 16.6. The summed E-state index contributed by atoms with van der Waals surface area (Å²) in [5.74, 6) is 1.73. The van der Waals surface area contributed by atoms with Gasteiger partial charge in [0.15, 0.2) is 0 Å². The van der Waals surface area contributed by atoms with Gasteiger partial charge in [0.05, 0.1) is 42.8 Å². The van der Waals surface area contributed by atoms with E-state index in [4.69, 9.17) is 24.2 Å². The molecule has 0 N–H and O–H groups in total. The van der Waals surface area contributed by atoms with E-state index < -0.39 is 11.0 Å². The van der Waals surface area contributed by atoms with E-state index in [1.165, 1.54) is 10.9 Å². The molecule has 4 aromatic rings. The molecule has 216 valence electrons. The Balaban J connectivity index is 1.27. The van der Waals surface area contributed by atoms with Crippen molar-refractivity contribution in [2.24, 2.45) is 0 Å². The van der Waals surface area contributed by atoms with E-state index >= 15 is 0 Å². The first kappa shape index (κ1) is 26.9. The van der Waals surface area contributed by atoms with Crippen LogP contribution in [0.1, 0.15) is 57.2 Å². The minimum Gasteiger partial charge on any atom is -0.484 e. The van der Waals surface area contributed by atoms with Gasteiger partial charge >= 0.3 is 5.82 Å². The number of aryl methyl sites for hydroxylation is 1. The summed E-state index contributed by atoms with van der Waals surface area (Å²) in [6, 6.07) is 4.25. The van der Waals surface area contributed by atoms with Crippen LogP contribution in [0.15, 0.2) is 43.2 Å². The molecule has 4 aromatic heterocycles. The number of morpholine rings is 1. The van der Waals surface area contributed by atoms with Crippen LogP contribution in [-0.2, 0) is 11.3 Å². The fourth-order valence-corrected chi connectivity index (χ4v) is 5.65. The lowest BCUT2D eigenvalue weighted by molar-refractivity contribution is -0.393. The number of aromatic nitrogens is 6. The van der Waals surface area contributed by atoms with Crippen LogP contribution in [0.3, 0.4) is 0 Å². The highest BCUT2D eigenvalue weighted by Gasteiger charge is 2.28. The zero-order valence-corrected chi connectivity index (χ0v) is 23.3. The minimum atomic E-state index is -0.613. The third kappa shape index (κ3) is 5.67. The summed E-state index contributed by atoms with van der Waals surface area (Å²) in [6.45, 7) is 6.76. The van der Waals surface area contributed by atoms with Crippen molar-refractivity contribution in [2.75, 3.05) is 31.2 Å². The maximum absolute atomic E-state index is 11.7. The van der Waals surface area contributed by atoms with Crippen LogP contribution in [0.2, 0.25) is 0 Å². The Hall–Kier alpha value is -4.26. The van der Waals surface area contributed by atoms with Crippen molar-refractivity contribution in [1.29, 1.82) is 0 Å². The molecule has 0 aromatic carbocycles. The topological polar surface area (TPSA) is 135 Å². The smallest absolute Gasteiger partial charge is 0.351 e. The Labute approximate surface area is 237 Å². The molecule has 0 bridgehead atoms. The molecule has 1 aliphatic carbocycles. The summed E-state index contributed by atoms with van der Waals surface area (Å²) in [7, 11) is 0. The fourth-order valence-electron chi connectivity index (χ4n) is 5.65. The Morgan fingerprint density at radius 1 is 1.17 bits per heavy atom. The van der Waals surface area contributed by atoms with Crippen molar-refractivity contribution in [3.05, 3.63) is 58.9 Å². The van der Waals surface area contributed by atoms with Gasteiger partial charge in [-0.15, -0.1) is 4.68 Å². The molecule has 6 rings (SSSR count). The van der Waals surface area contributed by atoms with Crippen molar-refractivity contribution in [3.63, 3.8) is 0 Å². The van der Waals surface area contributed by atoms with Crippen LogP contribution in [-0.4, -0.2) is 66.6 Å². The third-order valence-corrected chi connectivity index (χ3v) is 7.87. The first-order chi connectivity index (χ1) is 20.0. The second-order valence-corrected chi connectivity index (χ2v) is 10.4. The second kappa shape index (κ2) is 11.7. The summed E-state index contributed by atoms with van der Waals surface area (Å²) in [6.07, 6.45) is 12.0. The van der Waals surface area contributed by atoms with Crippen molar-refractivity contribution >= 4 is 22.5 Å². The predicted octanol–water partition coefficient (Wildman–Crippen LogP) is 4.49. The maximum atomic E-state index is 11.7. The zero-order chi connectivity index (χ0) is 28.3. The molecule has 5 heterocycles. The van der Waals surface area contributed by atoms with Crippen LogP contribution < -0.4 is 14.4 Å². The van der Waals surface area contributed by atoms with Gasteiger partial charge in [0, 0.05) is 37.6 Å². The highest BCUT2D eigenvalue weighted by atomic mass is 16.6. The molecule has 0 radical (unpaired) electrons. The zero-order valence-electron chi connectivity index (χ0n) is 23.3. The number of fused-ring (bicyclic) bond motifs is 1. The molecule has 13 nitrogen and oxygen atoms in total. The number of hydrogen-bond donors (Lipinski definition) is 0. The van der Waals surface area contributed by atoms with E-state index in [2.05, 4.69) is 19.5 Å². The molecule has 1 atom stereocenters. The molecule has 13 heteroatoms. The van der Waals surface area contributed by atoms with Crippen LogP contribution >= 0.6 is 0 Å². The number of imidazole rings is 1. The SMILES string of the molecule is CCn1ncc(C(C)Oc2cnc3cc(N4CCOCC4)nc(OC4CCC(n5ccnc5)CC4)c3c2)c1[N+](=O)[O-]. The maximum Gasteiger partial charge on any atom is 0.351 e. The van der Waals surface area contributed by atoms with Gasteiger partial charge in [-0.3, -0.25) is 4.98 Å². The Kier molecular flexibility index (Phi) is 7.68. The van der Waals surface area contributed by atoms with Crippen LogP contribution in [0, 0.1) is 10.1 Å². The number of nitro groups is 1. The molecule has 1 unspecified atom stereocenters. The number of rotatable bonds is 9. The lowest BCUT2D eigenvalue weighted by Gasteiger charge is -2.31. The van der Waals surface area contributed by atoms with E-state index in [1.807, 2.05) is 37.8 Å². The summed E-state index contributed by atoms with van der Waals surface area (Å²) in [4.78, 5) is 27.3. The average Bonchev–Trinajstić information content (AvgIpc) is 3.69. The van der Waals surface area contributed by atoms with E-state index in [1.54, 1.807) is 13.1 Å². The molecule has 0 amide bonds. The monoisotopic (exact) mass is 562 g/mol. The molecule has 1 aliphatic heterocycles. The average molecular weight is 563 g/mol. The number of nitrogens with zero attached hydrogens (tertiary/aromatic N) is 8. The Bertz CT molecular complexity index is 1490. The largest absolute Gasteiger partial charge is 0.484 e. The standard InChI is InChI=1S/C28H34N8O5/c1-3-35-28(36(37)38)24(17-31-35)19(2)40-22-14-23-25(30-16-22)15-26(33-10-12-39-13-11-33)32-27(23)41-21-6-4-20(5-7-21)34-9-8-29-18-34/h8-9,14-21H,3-7,10-13H2,1-2H3. The highest BCUT2D eigenvalue weighted by molar-refractivity contribution is 5.87. The normalized spacial score (nSPS) is 20.2. The second-order valence-electron chi connectivity index (χ2n) is 10.4. The van der Waals surface area contributed by atoms with Crippen molar-refractivity contribution in [1.82, 2.24) is 29.3 Å². The van der Waals surface area contributed by atoms with Gasteiger partial charge in [0.25, 0.3) is 0 Å². The summed E-state index contributed by atoms with van der Waals surface area (Å²) in [5.41, 5.74) is 1.15. The van der Waals surface area contributed by atoms with E-state index in [0.29, 0.717) is 43.0 Å². The first-order valence-electron chi connectivity index (χ1n) is 14.1. The minimum absolute atomic E-state index is 0.0245. The van der Waals surface area contributed by atoms with Crippen LogP contribution in [0.5, 0.6) is 11.6 Å². The molecular weight excluding hydrogens is 528 g/mol. The highest BCUT2D eigenvalue weighted by Crippen LogP contribution is 2.36. The first-order valence-corrected chi connectivity index (χ1v) is 14.1. The lowest BCUT2D eigenvalue weighted by atomic mass is 9.93. The van der Waals surface area contributed by atoms with Crippen molar-refractivity contribution in [2.45, 2.75) is 64.3 Å². The quantitative estimate of drug-likeness (QED) is 0.212. The fraction of sp³-hybridized carbons (Fsp3) is 0.500. The van der Waals surface area contributed by atoms with Crippen molar-refractivity contribution in [3.8, 4) is 11.6 Å². The Morgan fingerprint density at radius 3 is 2.68 bits per heavy atom. The van der Waals surface area contributed by atoms with Gasteiger partial charge in [-0.25, -0.2) is 4.98 Å². The molecule has 1 saturated carbocycles. The Morgan fingerprint density at radius 2 is 1.98 bits per heavy atom.